The zero-order chi connectivity index (χ0) is 23.4. The molecule has 4 heterocycles. The molecule has 0 fully saturated rings. The van der Waals surface area contributed by atoms with Crippen LogP contribution >= 0.6 is 11.6 Å². The van der Waals surface area contributed by atoms with E-state index >= 15 is 0 Å². The van der Waals surface area contributed by atoms with Gasteiger partial charge in [0.25, 0.3) is 11.5 Å². The number of nitrogens with zero attached hydrogens (tertiary/aromatic N) is 4. The second kappa shape index (κ2) is 7.88. The predicted octanol–water partition coefficient (Wildman–Crippen LogP) is 4.88. The maximum absolute atomic E-state index is 13.9. The summed E-state index contributed by atoms with van der Waals surface area (Å²) in [7, 11) is 0. The van der Waals surface area contributed by atoms with Crippen molar-refractivity contribution >= 4 is 28.5 Å². The lowest BCUT2D eigenvalue weighted by Crippen LogP contribution is -2.40. The van der Waals surface area contributed by atoms with Crippen LogP contribution in [0.25, 0.3) is 16.7 Å². The molecule has 7 nitrogen and oxygen atoms in total. The number of pyridine rings is 1. The highest BCUT2D eigenvalue weighted by Crippen LogP contribution is 2.35. The molecule has 3 aromatic heterocycles. The number of carbonyl (C=O) groups excluding carboxylic acids is 1. The molecule has 1 aliphatic heterocycles. The van der Waals surface area contributed by atoms with E-state index in [2.05, 4.69) is 4.98 Å². The van der Waals surface area contributed by atoms with Crippen molar-refractivity contribution in [3.8, 4) is 5.69 Å². The van der Waals surface area contributed by atoms with Gasteiger partial charge >= 0.3 is 0 Å². The number of hydrogen-bond acceptors (Lipinski definition) is 4. The number of halogens is 2. The molecule has 1 aromatic carbocycles. The van der Waals surface area contributed by atoms with Crippen LogP contribution in [-0.2, 0) is 6.54 Å². The van der Waals surface area contributed by atoms with Gasteiger partial charge in [0.05, 0.1) is 29.3 Å². The summed E-state index contributed by atoms with van der Waals surface area (Å²) in [6.07, 6.45) is 5.50. The standard InChI is InChI=1S/C24H22ClFN4O3/c1-13-10-28(12-27-13)20-4-5-21-24(32)30(14(2)6-7-29(21)23(20)31)15(3)17-11-33-22-9-19(26)18(25)8-16(17)22/h4-5,8-12,14-15H,6-7H2,1-3H3. The molecule has 1 amide bonds. The Labute approximate surface area is 194 Å². The Morgan fingerprint density at radius 2 is 2.06 bits per heavy atom. The summed E-state index contributed by atoms with van der Waals surface area (Å²) in [6.45, 7) is 6.12. The zero-order valence-corrected chi connectivity index (χ0v) is 19.1. The number of hydrogen-bond donors (Lipinski definition) is 0. The van der Waals surface area contributed by atoms with Crippen LogP contribution in [0, 0.1) is 12.7 Å². The van der Waals surface area contributed by atoms with Crippen LogP contribution in [0.3, 0.4) is 0 Å². The first kappa shape index (κ1) is 21.5. The summed E-state index contributed by atoms with van der Waals surface area (Å²) in [5.74, 6) is -0.811. The molecule has 0 bridgehead atoms. The fraction of sp³-hybridized carbons (Fsp3) is 0.292. The fourth-order valence-corrected chi connectivity index (χ4v) is 4.75. The van der Waals surface area contributed by atoms with E-state index in [9.17, 15) is 14.0 Å². The topological polar surface area (TPSA) is 73.3 Å². The summed E-state index contributed by atoms with van der Waals surface area (Å²) in [5, 5.41) is 0.646. The molecule has 1 aliphatic rings. The van der Waals surface area contributed by atoms with Gasteiger partial charge in [-0.1, -0.05) is 11.6 Å². The van der Waals surface area contributed by atoms with Crippen LogP contribution in [0.2, 0.25) is 5.02 Å². The van der Waals surface area contributed by atoms with Crippen molar-refractivity contribution in [3.63, 3.8) is 0 Å². The maximum atomic E-state index is 13.9. The van der Waals surface area contributed by atoms with Crippen molar-refractivity contribution in [1.82, 2.24) is 19.0 Å². The molecule has 4 aromatic rings. The molecule has 0 aliphatic carbocycles. The number of aryl methyl sites for hydroxylation is 1. The minimum absolute atomic E-state index is 0.00763. The van der Waals surface area contributed by atoms with E-state index in [-0.39, 0.29) is 28.6 Å². The number of rotatable bonds is 3. The first-order chi connectivity index (χ1) is 15.8. The van der Waals surface area contributed by atoms with Gasteiger partial charge in [-0.2, -0.15) is 0 Å². The monoisotopic (exact) mass is 468 g/mol. The number of imidazole rings is 1. The molecule has 170 valence electrons. The van der Waals surface area contributed by atoms with Gasteiger partial charge in [0.15, 0.2) is 0 Å². The quantitative estimate of drug-likeness (QED) is 0.429. The molecule has 0 saturated heterocycles. The lowest BCUT2D eigenvalue weighted by molar-refractivity contribution is 0.0609. The average Bonchev–Trinajstić information content (AvgIpc) is 3.35. The summed E-state index contributed by atoms with van der Waals surface area (Å²) in [6, 6.07) is 5.58. The minimum Gasteiger partial charge on any atom is -0.464 e. The molecule has 9 heteroatoms. The van der Waals surface area contributed by atoms with Crippen molar-refractivity contribution in [2.24, 2.45) is 0 Å². The Morgan fingerprint density at radius 1 is 1.27 bits per heavy atom. The van der Waals surface area contributed by atoms with Gasteiger partial charge in [-0.3, -0.25) is 9.59 Å². The summed E-state index contributed by atoms with van der Waals surface area (Å²) in [5.41, 5.74) is 2.42. The molecule has 5 rings (SSSR count). The zero-order valence-electron chi connectivity index (χ0n) is 18.4. The third-order valence-electron chi connectivity index (χ3n) is 6.36. The molecular weight excluding hydrogens is 447 g/mol. The van der Waals surface area contributed by atoms with Gasteiger partial charge in [-0.15, -0.1) is 0 Å². The van der Waals surface area contributed by atoms with Crippen LogP contribution in [0.1, 0.15) is 48.1 Å². The Hall–Kier alpha value is -3.39. The van der Waals surface area contributed by atoms with Crippen LogP contribution in [-0.4, -0.2) is 31.0 Å². The smallest absolute Gasteiger partial charge is 0.275 e. The fourth-order valence-electron chi connectivity index (χ4n) is 4.59. The number of aromatic nitrogens is 3. The van der Waals surface area contributed by atoms with Crippen molar-refractivity contribution in [1.29, 1.82) is 0 Å². The van der Waals surface area contributed by atoms with E-state index in [1.54, 1.807) is 34.1 Å². The largest absolute Gasteiger partial charge is 0.464 e. The highest BCUT2D eigenvalue weighted by atomic mass is 35.5. The summed E-state index contributed by atoms with van der Waals surface area (Å²) in [4.78, 5) is 32.9. The second-order valence-corrected chi connectivity index (χ2v) is 8.87. The molecule has 0 radical (unpaired) electrons. The molecular formula is C24H22ClFN4O3. The van der Waals surface area contributed by atoms with Crippen LogP contribution in [0.4, 0.5) is 4.39 Å². The lowest BCUT2D eigenvalue weighted by Gasteiger charge is -2.33. The van der Waals surface area contributed by atoms with Gasteiger partial charge in [0.1, 0.15) is 22.8 Å². The Balaban J connectivity index is 1.57. The van der Waals surface area contributed by atoms with E-state index in [1.165, 1.54) is 23.0 Å². The average molecular weight is 469 g/mol. The van der Waals surface area contributed by atoms with E-state index in [0.717, 1.165) is 11.3 Å². The first-order valence-corrected chi connectivity index (χ1v) is 11.1. The molecule has 0 spiro atoms. The molecule has 0 saturated carbocycles. The van der Waals surface area contributed by atoms with Crippen molar-refractivity contribution in [2.45, 2.75) is 45.8 Å². The van der Waals surface area contributed by atoms with E-state index in [4.69, 9.17) is 16.0 Å². The number of amides is 1. The number of furan rings is 1. The Morgan fingerprint density at radius 3 is 2.79 bits per heavy atom. The normalized spacial score (nSPS) is 17.3. The first-order valence-electron chi connectivity index (χ1n) is 10.7. The van der Waals surface area contributed by atoms with E-state index in [1.807, 2.05) is 20.8 Å². The molecule has 0 N–H and O–H groups in total. The van der Waals surface area contributed by atoms with Crippen LogP contribution in [0.5, 0.6) is 0 Å². The number of carbonyl (C=O) groups is 1. The molecule has 33 heavy (non-hydrogen) atoms. The Kier molecular flexibility index (Phi) is 5.12. The molecule has 2 unspecified atom stereocenters. The number of benzene rings is 1. The van der Waals surface area contributed by atoms with Gasteiger partial charge in [0, 0.05) is 35.8 Å². The van der Waals surface area contributed by atoms with Crippen LogP contribution in [0.15, 0.2) is 52.3 Å². The molecule has 2 atom stereocenters. The van der Waals surface area contributed by atoms with E-state index < -0.39 is 5.82 Å². The van der Waals surface area contributed by atoms with Gasteiger partial charge in [-0.25, -0.2) is 9.37 Å². The minimum atomic E-state index is -0.561. The highest BCUT2D eigenvalue weighted by Gasteiger charge is 2.34. The van der Waals surface area contributed by atoms with Gasteiger partial charge in [-0.05, 0) is 45.4 Å². The summed E-state index contributed by atoms with van der Waals surface area (Å²) >= 11 is 6.00. The van der Waals surface area contributed by atoms with Crippen molar-refractivity contribution in [3.05, 3.63) is 81.2 Å². The van der Waals surface area contributed by atoms with Crippen molar-refractivity contribution in [2.75, 3.05) is 0 Å². The van der Waals surface area contributed by atoms with Crippen LogP contribution < -0.4 is 5.56 Å². The third-order valence-corrected chi connectivity index (χ3v) is 6.65. The number of fused-ring (bicyclic) bond motifs is 2. The highest BCUT2D eigenvalue weighted by molar-refractivity contribution is 6.31. The Bertz CT molecular complexity index is 1450. The lowest BCUT2D eigenvalue weighted by atomic mass is 10.0. The van der Waals surface area contributed by atoms with Gasteiger partial charge < -0.3 is 18.5 Å². The second-order valence-electron chi connectivity index (χ2n) is 8.46. The maximum Gasteiger partial charge on any atom is 0.275 e. The van der Waals surface area contributed by atoms with Crippen molar-refractivity contribution < 1.29 is 13.6 Å². The van der Waals surface area contributed by atoms with E-state index in [0.29, 0.717) is 35.3 Å². The predicted molar refractivity (Wildman–Crippen MR) is 122 cm³/mol. The summed E-state index contributed by atoms with van der Waals surface area (Å²) < 4.78 is 22.6. The third kappa shape index (κ3) is 3.45. The van der Waals surface area contributed by atoms with Gasteiger partial charge in [0.2, 0.25) is 0 Å². The SMILES string of the molecule is Cc1cn(-c2ccc3n(c2=O)CCC(C)N(C(C)c2coc4cc(F)c(Cl)cc24)C3=O)cn1.